The minimum Gasteiger partial charge on any atom is -0.502 e. The van der Waals surface area contributed by atoms with Gasteiger partial charge < -0.3 is 14.7 Å². The van der Waals surface area contributed by atoms with Crippen molar-refractivity contribution < 1.29 is 19.6 Å². The maximum atomic E-state index is 12.3. The first kappa shape index (κ1) is 13.3. The van der Waals surface area contributed by atoms with Gasteiger partial charge in [0.1, 0.15) is 0 Å². The molecule has 1 aliphatic heterocycles. The molecule has 1 saturated heterocycles. The molecule has 2 rings (SSSR count). The van der Waals surface area contributed by atoms with Gasteiger partial charge >= 0.3 is 5.69 Å². The van der Waals surface area contributed by atoms with Gasteiger partial charge in [-0.1, -0.05) is 0 Å². The lowest BCUT2D eigenvalue weighted by Crippen LogP contribution is -2.47. The minimum absolute atomic E-state index is 0.0749. The first-order valence-corrected chi connectivity index (χ1v) is 5.87. The van der Waals surface area contributed by atoms with E-state index in [0.29, 0.717) is 19.8 Å². The van der Waals surface area contributed by atoms with Crippen LogP contribution in [0.1, 0.15) is 17.3 Å². The Morgan fingerprint density at radius 3 is 2.95 bits per heavy atom. The first-order chi connectivity index (χ1) is 9.00. The number of ether oxygens (including phenoxy) is 1. The van der Waals surface area contributed by atoms with Crippen LogP contribution in [0.5, 0.6) is 5.75 Å². The molecule has 1 aromatic rings. The summed E-state index contributed by atoms with van der Waals surface area (Å²) in [5.74, 6) is -0.740. The van der Waals surface area contributed by atoms with Gasteiger partial charge in [0.25, 0.3) is 5.91 Å². The number of benzene rings is 1. The summed E-state index contributed by atoms with van der Waals surface area (Å²) in [7, 11) is 0. The highest BCUT2D eigenvalue weighted by Gasteiger charge is 2.26. The number of hydrogen-bond acceptors (Lipinski definition) is 5. The van der Waals surface area contributed by atoms with Gasteiger partial charge in [0.2, 0.25) is 0 Å². The number of amides is 1. The van der Waals surface area contributed by atoms with Crippen LogP contribution in [0.3, 0.4) is 0 Å². The molecule has 0 unspecified atom stereocenters. The number of phenols is 1. The van der Waals surface area contributed by atoms with Gasteiger partial charge in [-0.15, -0.1) is 0 Å². The van der Waals surface area contributed by atoms with E-state index in [0.717, 1.165) is 12.1 Å². The summed E-state index contributed by atoms with van der Waals surface area (Å²) >= 11 is 0. The van der Waals surface area contributed by atoms with Gasteiger partial charge in [-0.3, -0.25) is 14.9 Å². The van der Waals surface area contributed by atoms with Gasteiger partial charge in [-0.2, -0.15) is 0 Å². The van der Waals surface area contributed by atoms with E-state index in [4.69, 9.17) is 4.74 Å². The van der Waals surface area contributed by atoms with Crippen LogP contribution >= 0.6 is 0 Å². The van der Waals surface area contributed by atoms with Crippen molar-refractivity contribution in [2.24, 2.45) is 0 Å². The number of nitrogens with zero attached hydrogens (tertiary/aromatic N) is 2. The molecule has 0 spiro atoms. The predicted octanol–water partition coefficient (Wildman–Crippen LogP) is 1.16. The summed E-state index contributed by atoms with van der Waals surface area (Å²) in [6, 6.07) is 3.57. The van der Waals surface area contributed by atoms with Crippen LogP contribution < -0.4 is 0 Å². The number of nitro benzene ring substituents is 1. The van der Waals surface area contributed by atoms with Crippen LogP contribution in [0.4, 0.5) is 5.69 Å². The smallest absolute Gasteiger partial charge is 0.311 e. The molecule has 7 heteroatoms. The van der Waals surface area contributed by atoms with Crippen LogP contribution in [0.15, 0.2) is 18.2 Å². The van der Waals surface area contributed by atoms with E-state index in [2.05, 4.69) is 0 Å². The van der Waals surface area contributed by atoms with Crippen LogP contribution in [-0.2, 0) is 4.74 Å². The fraction of sp³-hybridized carbons (Fsp3) is 0.417. The van der Waals surface area contributed by atoms with E-state index in [1.165, 1.54) is 6.07 Å². The number of morpholine rings is 1. The standard InChI is InChI=1S/C12H14N2O5/c1-8-7-19-5-4-13(8)12(16)9-2-3-11(15)10(6-9)14(17)18/h2-3,6,8,15H,4-5,7H2,1H3/t8-/m0/s1. The topological polar surface area (TPSA) is 92.9 Å². The molecular weight excluding hydrogens is 252 g/mol. The fourth-order valence-electron chi connectivity index (χ4n) is 2.00. The van der Waals surface area contributed by atoms with Gasteiger partial charge in [-0.05, 0) is 19.1 Å². The average Bonchev–Trinajstić information content (AvgIpc) is 2.38. The van der Waals surface area contributed by atoms with Crippen molar-refractivity contribution in [1.82, 2.24) is 4.90 Å². The molecular formula is C12H14N2O5. The summed E-state index contributed by atoms with van der Waals surface area (Å²) in [5, 5.41) is 20.1. The molecule has 102 valence electrons. The Balaban J connectivity index is 2.28. The summed E-state index contributed by atoms with van der Waals surface area (Å²) in [6.07, 6.45) is 0. The number of carbonyl (C=O) groups excluding carboxylic acids is 1. The minimum atomic E-state index is -0.713. The molecule has 1 aliphatic rings. The van der Waals surface area contributed by atoms with Crippen molar-refractivity contribution in [3.63, 3.8) is 0 Å². The van der Waals surface area contributed by atoms with Gasteiger partial charge in [0.15, 0.2) is 5.75 Å². The highest BCUT2D eigenvalue weighted by molar-refractivity contribution is 5.95. The molecule has 1 heterocycles. The van der Waals surface area contributed by atoms with Crippen LogP contribution in [0.2, 0.25) is 0 Å². The number of rotatable bonds is 2. The van der Waals surface area contributed by atoms with Crippen LogP contribution in [0.25, 0.3) is 0 Å². The Hall–Kier alpha value is -2.15. The van der Waals surface area contributed by atoms with Gasteiger partial charge in [-0.25, -0.2) is 0 Å². The van der Waals surface area contributed by atoms with E-state index in [1.54, 1.807) is 4.90 Å². The third-order valence-corrected chi connectivity index (χ3v) is 3.05. The predicted molar refractivity (Wildman–Crippen MR) is 66.1 cm³/mol. The van der Waals surface area contributed by atoms with Crippen molar-refractivity contribution in [2.45, 2.75) is 13.0 Å². The molecule has 0 bridgehead atoms. The van der Waals surface area contributed by atoms with Crippen molar-refractivity contribution in [2.75, 3.05) is 19.8 Å². The second-order valence-electron chi connectivity index (χ2n) is 4.38. The molecule has 19 heavy (non-hydrogen) atoms. The zero-order valence-corrected chi connectivity index (χ0v) is 10.4. The summed E-state index contributed by atoms with van der Waals surface area (Å²) < 4.78 is 5.24. The lowest BCUT2D eigenvalue weighted by molar-refractivity contribution is -0.385. The number of aromatic hydroxyl groups is 1. The Morgan fingerprint density at radius 2 is 2.32 bits per heavy atom. The Morgan fingerprint density at radius 1 is 1.58 bits per heavy atom. The summed E-state index contributed by atoms with van der Waals surface area (Å²) in [4.78, 5) is 23.9. The van der Waals surface area contributed by atoms with Crippen LogP contribution in [0, 0.1) is 10.1 Å². The van der Waals surface area contributed by atoms with Crippen molar-refractivity contribution in [1.29, 1.82) is 0 Å². The third kappa shape index (κ3) is 2.65. The normalized spacial score (nSPS) is 19.2. The molecule has 7 nitrogen and oxygen atoms in total. The second-order valence-corrected chi connectivity index (χ2v) is 4.38. The zero-order chi connectivity index (χ0) is 14.0. The second kappa shape index (κ2) is 5.23. The average molecular weight is 266 g/mol. The Bertz CT molecular complexity index is 517. The molecule has 1 fully saturated rings. The first-order valence-electron chi connectivity index (χ1n) is 5.87. The van der Waals surface area contributed by atoms with Gasteiger partial charge in [0.05, 0.1) is 24.2 Å². The summed E-state index contributed by atoms with van der Waals surface area (Å²) in [5.41, 5.74) is -0.273. The quantitative estimate of drug-likeness (QED) is 0.640. The number of nitro groups is 1. The van der Waals surface area contributed by atoms with Crippen molar-refractivity contribution >= 4 is 11.6 Å². The number of phenolic OH excluding ortho intramolecular Hbond substituents is 1. The molecule has 0 saturated carbocycles. The molecule has 1 N–H and O–H groups in total. The lowest BCUT2D eigenvalue weighted by atomic mass is 10.1. The maximum absolute atomic E-state index is 12.3. The number of hydrogen-bond donors (Lipinski definition) is 1. The molecule has 0 aromatic heterocycles. The van der Waals surface area contributed by atoms with Crippen molar-refractivity contribution in [3.05, 3.63) is 33.9 Å². The maximum Gasteiger partial charge on any atom is 0.311 e. The van der Waals surface area contributed by atoms with E-state index in [9.17, 15) is 20.0 Å². The van der Waals surface area contributed by atoms with Crippen molar-refractivity contribution in [3.8, 4) is 5.75 Å². The lowest BCUT2D eigenvalue weighted by Gasteiger charge is -2.33. The fourth-order valence-corrected chi connectivity index (χ4v) is 2.00. The zero-order valence-electron chi connectivity index (χ0n) is 10.4. The molecule has 1 atom stereocenters. The number of carbonyl (C=O) groups is 1. The third-order valence-electron chi connectivity index (χ3n) is 3.05. The summed E-state index contributed by atoms with van der Waals surface area (Å²) in [6.45, 7) is 3.21. The van der Waals surface area contributed by atoms with E-state index in [-0.39, 0.29) is 17.5 Å². The van der Waals surface area contributed by atoms with E-state index < -0.39 is 16.4 Å². The van der Waals surface area contributed by atoms with E-state index >= 15 is 0 Å². The van der Waals surface area contributed by atoms with E-state index in [1.807, 2.05) is 6.92 Å². The SMILES string of the molecule is C[C@H]1COCCN1C(=O)c1ccc(O)c([N+](=O)[O-])c1. The Kier molecular flexibility index (Phi) is 3.66. The highest BCUT2D eigenvalue weighted by Crippen LogP contribution is 2.27. The monoisotopic (exact) mass is 266 g/mol. The molecule has 0 radical (unpaired) electrons. The largest absolute Gasteiger partial charge is 0.502 e. The van der Waals surface area contributed by atoms with Gasteiger partial charge in [0, 0.05) is 18.2 Å². The highest BCUT2D eigenvalue weighted by atomic mass is 16.6. The Labute approximate surface area is 109 Å². The molecule has 1 amide bonds. The van der Waals surface area contributed by atoms with Crippen LogP contribution in [-0.4, -0.2) is 46.6 Å². The molecule has 0 aliphatic carbocycles. The molecule has 1 aromatic carbocycles.